The highest BCUT2D eigenvalue weighted by Crippen LogP contribution is 2.29. The fourth-order valence-corrected chi connectivity index (χ4v) is 1.81. The smallest absolute Gasteiger partial charge is 0.308 e. The van der Waals surface area contributed by atoms with Gasteiger partial charge in [-0.05, 0) is 31.0 Å². The van der Waals surface area contributed by atoms with Crippen LogP contribution >= 0.6 is 0 Å². The maximum absolute atomic E-state index is 12.5. The molecule has 1 N–H and O–H groups in total. The molecule has 0 fully saturated rings. The second kappa shape index (κ2) is 7.04. The number of hydrogen-bond acceptors (Lipinski definition) is 4. The number of nitrogens with zero attached hydrogens (tertiary/aromatic N) is 3. The number of aromatic nitrogens is 3. The summed E-state index contributed by atoms with van der Waals surface area (Å²) in [5, 5.41) is 3.35. The van der Waals surface area contributed by atoms with Crippen molar-refractivity contribution >= 4 is 0 Å². The van der Waals surface area contributed by atoms with Gasteiger partial charge in [0.25, 0.3) is 0 Å². The molecule has 0 aliphatic carbocycles. The molecule has 0 aliphatic heterocycles. The lowest BCUT2D eigenvalue weighted by molar-refractivity contribution is -0.137. The molecule has 0 aromatic carbocycles. The predicted octanol–water partition coefficient (Wildman–Crippen LogP) is 3.69. The molecule has 23 heavy (non-hydrogen) atoms. The Balaban J connectivity index is 2.13. The fourth-order valence-electron chi connectivity index (χ4n) is 1.81. The van der Waals surface area contributed by atoms with Crippen LogP contribution in [0.2, 0.25) is 0 Å². The van der Waals surface area contributed by atoms with Gasteiger partial charge in [0.15, 0.2) is 5.82 Å². The van der Waals surface area contributed by atoms with Gasteiger partial charge in [-0.1, -0.05) is 13.8 Å². The minimum atomic E-state index is -4.40. The quantitative estimate of drug-likeness (QED) is 0.911. The number of halogens is 3. The fraction of sp³-hybridized carbons (Fsp3) is 0.438. The average Bonchev–Trinajstić information content (AvgIpc) is 2.52. The van der Waals surface area contributed by atoms with Gasteiger partial charge in [-0.15, -0.1) is 0 Å². The van der Waals surface area contributed by atoms with Gasteiger partial charge in [0, 0.05) is 25.0 Å². The first kappa shape index (κ1) is 17.3. The molecule has 7 heteroatoms. The average molecular weight is 324 g/mol. The SMILES string of the molecule is CC(C)[C@@H](C)NCc1ccnc(-c2ccc(C(F)(F)F)cn2)n1. The van der Waals surface area contributed by atoms with Gasteiger partial charge in [0.2, 0.25) is 0 Å². The van der Waals surface area contributed by atoms with Crippen LogP contribution in [0.25, 0.3) is 11.5 Å². The molecule has 0 saturated heterocycles. The van der Waals surface area contributed by atoms with Gasteiger partial charge in [0.05, 0.1) is 11.3 Å². The van der Waals surface area contributed by atoms with Gasteiger partial charge in [-0.25, -0.2) is 9.97 Å². The molecule has 0 unspecified atom stereocenters. The van der Waals surface area contributed by atoms with Crippen molar-refractivity contribution in [2.24, 2.45) is 5.92 Å². The standard InChI is InChI=1S/C16H19F3N4/c1-10(2)11(3)21-9-13-6-7-20-15(23-13)14-5-4-12(8-22-14)16(17,18)19/h4-8,10-11,21H,9H2,1-3H3/t11-/m1/s1. The Labute approximate surface area is 133 Å². The van der Waals surface area contributed by atoms with E-state index in [1.807, 2.05) is 0 Å². The Bertz CT molecular complexity index is 639. The number of alkyl halides is 3. The van der Waals surface area contributed by atoms with E-state index in [0.29, 0.717) is 30.0 Å². The summed E-state index contributed by atoms with van der Waals surface area (Å²) < 4.78 is 37.6. The van der Waals surface area contributed by atoms with Crippen LogP contribution in [-0.4, -0.2) is 21.0 Å². The largest absolute Gasteiger partial charge is 0.417 e. The van der Waals surface area contributed by atoms with Crippen LogP contribution in [0.15, 0.2) is 30.6 Å². The third kappa shape index (κ3) is 4.72. The first-order chi connectivity index (χ1) is 10.8. The lowest BCUT2D eigenvalue weighted by Crippen LogP contribution is -2.30. The number of pyridine rings is 1. The van der Waals surface area contributed by atoms with E-state index in [4.69, 9.17) is 0 Å². The Morgan fingerprint density at radius 3 is 2.39 bits per heavy atom. The first-order valence-electron chi connectivity index (χ1n) is 7.36. The molecule has 2 heterocycles. The van der Waals surface area contributed by atoms with Crippen molar-refractivity contribution in [3.05, 3.63) is 41.9 Å². The van der Waals surface area contributed by atoms with Crippen molar-refractivity contribution in [3.8, 4) is 11.5 Å². The number of rotatable bonds is 5. The highest BCUT2D eigenvalue weighted by molar-refractivity contribution is 5.49. The van der Waals surface area contributed by atoms with Gasteiger partial charge in [-0.3, -0.25) is 4.98 Å². The second-order valence-corrected chi connectivity index (χ2v) is 5.72. The highest BCUT2D eigenvalue weighted by atomic mass is 19.4. The normalized spacial score (nSPS) is 13.3. The monoisotopic (exact) mass is 324 g/mol. The van der Waals surface area contributed by atoms with Crippen LogP contribution < -0.4 is 5.32 Å². The van der Waals surface area contributed by atoms with E-state index in [1.54, 1.807) is 12.3 Å². The molecule has 0 spiro atoms. The zero-order valence-electron chi connectivity index (χ0n) is 13.2. The predicted molar refractivity (Wildman–Crippen MR) is 81.4 cm³/mol. The van der Waals surface area contributed by atoms with E-state index in [0.717, 1.165) is 18.0 Å². The van der Waals surface area contributed by atoms with Crippen molar-refractivity contribution in [1.82, 2.24) is 20.3 Å². The Morgan fingerprint density at radius 1 is 1.09 bits per heavy atom. The van der Waals surface area contributed by atoms with Crippen LogP contribution in [-0.2, 0) is 12.7 Å². The third-order valence-electron chi connectivity index (χ3n) is 3.64. The molecule has 2 rings (SSSR count). The number of hydrogen-bond donors (Lipinski definition) is 1. The first-order valence-corrected chi connectivity index (χ1v) is 7.36. The summed E-state index contributed by atoms with van der Waals surface area (Å²) in [6.07, 6.45) is -2.02. The van der Waals surface area contributed by atoms with Crippen LogP contribution in [0.1, 0.15) is 32.0 Å². The Hall–Kier alpha value is -2.02. The minimum absolute atomic E-state index is 0.315. The second-order valence-electron chi connectivity index (χ2n) is 5.72. The molecule has 2 aromatic heterocycles. The van der Waals surface area contributed by atoms with Gasteiger partial charge in [0.1, 0.15) is 5.69 Å². The van der Waals surface area contributed by atoms with Crippen molar-refractivity contribution in [3.63, 3.8) is 0 Å². The zero-order chi connectivity index (χ0) is 17.0. The summed E-state index contributed by atoms with van der Waals surface area (Å²) in [5.74, 6) is 0.808. The van der Waals surface area contributed by atoms with E-state index in [1.165, 1.54) is 6.07 Å². The summed E-state index contributed by atoms with van der Waals surface area (Å²) in [6, 6.07) is 4.37. The molecule has 4 nitrogen and oxygen atoms in total. The molecule has 0 bridgehead atoms. The number of nitrogens with one attached hydrogen (secondary N) is 1. The molecule has 1 atom stereocenters. The van der Waals surface area contributed by atoms with Gasteiger partial charge < -0.3 is 5.32 Å². The Kier molecular flexibility index (Phi) is 5.30. The summed E-state index contributed by atoms with van der Waals surface area (Å²) >= 11 is 0. The summed E-state index contributed by atoms with van der Waals surface area (Å²) in [4.78, 5) is 12.2. The van der Waals surface area contributed by atoms with Crippen molar-refractivity contribution < 1.29 is 13.2 Å². The minimum Gasteiger partial charge on any atom is -0.308 e. The molecule has 0 saturated carbocycles. The summed E-state index contributed by atoms with van der Waals surface area (Å²) in [5.41, 5.74) is 0.297. The highest BCUT2D eigenvalue weighted by Gasteiger charge is 2.30. The maximum Gasteiger partial charge on any atom is 0.417 e. The van der Waals surface area contributed by atoms with Crippen molar-refractivity contribution in [1.29, 1.82) is 0 Å². The van der Waals surface area contributed by atoms with E-state index >= 15 is 0 Å². The molecule has 124 valence electrons. The third-order valence-corrected chi connectivity index (χ3v) is 3.64. The molecule has 2 aromatic rings. The topological polar surface area (TPSA) is 50.7 Å². The van der Waals surface area contributed by atoms with E-state index in [-0.39, 0.29) is 0 Å². The van der Waals surface area contributed by atoms with Crippen LogP contribution in [0.4, 0.5) is 13.2 Å². The van der Waals surface area contributed by atoms with Crippen LogP contribution in [0.3, 0.4) is 0 Å². The summed E-state index contributed by atoms with van der Waals surface area (Å²) in [6.45, 7) is 6.89. The van der Waals surface area contributed by atoms with Crippen LogP contribution in [0.5, 0.6) is 0 Å². The van der Waals surface area contributed by atoms with E-state index in [2.05, 4.69) is 41.0 Å². The molecule has 0 radical (unpaired) electrons. The maximum atomic E-state index is 12.5. The van der Waals surface area contributed by atoms with E-state index < -0.39 is 11.7 Å². The summed E-state index contributed by atoms with van der Waals surface area (Å²) in [7, 11) is 0. The lowest BCUT2D eigenvalue weighted by atomic mass is 10.1. The van der Waals surface area contributed by atoms with Crippen molar-refractivity contribution in [2.45, 2.75) is 39.5 Å². The molecule has 0 aliphatic rings. The van der Waals surface area contributed by atoms with Gasteiger partial charge >= 0.3 is 6.18 Å². The molecular weight excluding hydrogens is 305 g/mol. The molecule has 0 amide bonds. The van der Waals surface area contributed by atoms with Gasteiger partial charge in [-0.2, -0.15) is 13.2 Å². The zero-order valence-corrected chi connectivity index (χ0v) is 13.2. The Morgan fingerprint density at radius 2 is 1.83 bits per heavy atom. The van der Waals surface area contributed by atoms with Crippen molar-refractivity contribution in [2.75, 3.05) is 0 Å². The molecular formula is C16H19F3N4. The van der Waals surface area contributed by atoms with Crippen LogP contribution in [0, 0.1) is 5.92 Å². The van der Waals surface area contributed by atoms with E-state index in [9.17, 15) is 13.2 Å². The lowest BCUT2D eigenvalue weighted by Gasteiger charge is -2.17.